The van der Waals surface area contributed by atoms with E-state index in [4.69, 9.17) is 19.8 Å². The molecule has 2 aromatic rings. The second-order valence-electron chi connectivity index (χ2n) is 5.97. The Kier molecular flexibility index (Phi) is 9.04. The predicted octanol–water partition coefficient (Wildman–Crippen LogP) is 2.12. The minimum absolute atomic E-state index is 0.108. The number of aliphatic hydroxyl groups excluding tert-OH is 1. The van der Waals surface area contributed by atoms with Gasteiger partial charge in [0.1, 0.15) is 18.5 Å². The van der Waals surface area contributed by atoms with E-state index in [-0.39, 0.29) is 19.6 Å². The maximum Gasteiger partial charge on any atom is 0.414 e. The Bertz CT molecular complexity index is 867. The first kappa shape index (κ1) is 22.6. The summed E-state index contributed by atoms with van der Waals surface area (Å²) in [6, 6.07) is 14.8. The molecule has 0 radical (unpaired) electrons. The minimum atomic E-state index is -0.950. The van der Waals surface area contributed by atoms with Gasteiger partial charge in [-0.15, -0.1) is 0 Å². The van der Waals surface area contributed by atoms with Gasteiger partial charge in [-0.1, -0.05) is 36.4 Å². The molecule has 0 saturated heterocycles. The van der Waals surface area contributed by atoms with Crippen molar-refractivity contribution in [2.75, 3.05) is 13.2 Å². The zero-order valence-electron chi connectivity index (χ0n) is 16.0. The van der Waals surface area contributed by atoms with Gasteiger partial charge in [-0.25, -0.2) is 10.3 Å². The molecule has 0 unspecified atom stereocenters. The Labute approximate surface area is 172 Å². The molecule has 2 aromatic carbocycles. The third kappa shape index (κ3) is 7.38. The second-order valence-corrected chi connectivity index (χ2v) is 5.97. The Hall–Kier alpha value is -3.69. The van der Waals surface area contributed by atoms with E-state index < -0.39 is 24.0 Å². The molecule has 9 heteroatoms. The minimum Gasteiger partial charge on any atom is -0.491 e. The fourth-order valence-electron chi connectivity index (χ4n) is 2.44. The summed E-state index contributed by atoms with van der Waals surface area (Å²) in [4.78, 5) is 35.5. The highest BCUT2D eigenvalue weighted by Gasteiger charge is 2.18. The highest BCUT2D eigenvalue weighted by atomic mass is 16.6. The van der Waals surface area contributed by atoms with Crippen molar-refractivity contribution in [3.8, 4) is 5.75 Å². The van der Waals surface area contributed by atoms with Crippen LogP contribution < -0.4 is 15.5 Å². The molecule has 4 N–H and O–H groups in total. The molecule has 0 aliphatic carbocycles. The summed E-state index contributed by atoms with van der Waals surface area (Å²) in [7, 11) is 0. The fourth-order valence-corrected chi connectivity index (χ4v) is 2.44. The van der Waals surface area contributed by atoms with Gasteiger partial charge in [0.15, 0.2) is 0 Å². The van der Waals surface area contributed by atoms with Crippen molar-refractivity contribution >= 4 is 17.9 Å². The molecule has 3 amide bonds. The van der Waals surface area contributed by atoms with Crippen LogP contribution in [-0.2, 0) is 9.53 Å². The highest BCUT2D eigenvalue weighted by Crippen LogP contribution is 2.24. The molecule has 1 atom stereocenters. The van der Waals surface area contributed by atoms with Crippen LogP contribution in [0.25, 0.3) is 0 Å². The lowest BCUT2D eigenvalue weighted by molar-refractivity contribution is -0.124. The molecule has 0 heterocycles. The number of rotatable bonds is 9. The van der Waals surface area contributed by atoms with E-state index in [1.165, 1.54) is 11.6 Å². The van der Waals surface area contributed by atoms with Gasteiger partial charge in [-0.3, -0.25) is 20.1 Å². The molecule has 0 aliphatic rings. The SMILES string of the molecule is O=C(/C=C/C[C@@H](OC(=O)NC(=O)c1ccccc1)c1ccc(OCCO)cc1)NO. The van der Waals surface area contributed by atoms with E-state index in [2.05, 4.69) is 5.32 Å². The zero-order valence-corrected chi connectivity index (χ0v) is 16.0. The number of carbonyl (C=O) groups is 3. The summed E-state index contributed by atoms with van der Waals surface area (Å²) < 4.78 is 10.7. The summed E-state index contributed by atoms with van der Waals surface area (Å²) in [5.74, 6) is -0.821. The van der Waals surface area contributed by atoms with Crippen LogP contribution in [0.2, 0.25) is 0 Å². The largest absolute Gasteiger partial charge is 0.491 e. The lowest BCUT2D eigenvalue weighted by atomic mass is 10.1. The van der Waals surface area contributed by atoms with E-state index >= 15 is 0 Å². The van der Waals surface area contributed by atoms with Crippen LogP contribution in [0, 0.1) is 0 Å². The number of benzene rings is 2. The third-order valence-corrected chi connectivity index (χ3v) is 3.84. The summed E-state index contributed by atoms with van der Waals surface area (Å²) in [6.45, 7) is 0.0170. The quantitative estimate of drug-likeness (QED) is 0.280. The number of ether oxygens (including phenoxy) is 2. The lowest BCUT2D eigenvalue weighted by Crippen LogP contribution is -2.32. The van der Waals surface area contributed by atoms with Crippen molar-refractivity contribution < 1.29 is 34.2 Å². The van der Waals surface area contributed by atoms with Gasteiger partial charge in [0.2, 0.25) is 0 Å². The summed E-state index contributed by atoms with van der Waals surface area (Å²) >= 11 is 0. The van der Waals surface area contributed by atoms with Gasteiger partial charge in [0.05, 0.1) is 6.61 Å². The Morgan fingerprint density at radius 1 is 1.03 bits per heavy atom. The zero-order chi connectivity index (χ0) is 21.8. The van der Waals surface area contributed by atoms with Gasteiger partial charge < -0.3 is 14.6 Å². The van der Waals surface area contributed by atoms with E-state index in [0.717, 1.165) is 6.08 Å². The lowest BCUT2D eigenvalue weighted by Gasteiger charge is -2.17. The number of hydrogen-bond donors (Lipinski definition) is 4. The summed E-state index contributed by atoms with van der Waals surface area (Å²) in [5.41, 5.74) is 2.35. The Morgan fingerprint density at radius 2 is 1.73 bits per heavy atom. The molecule has 0 aliphatic heterocycles. The van der Waals surface area contributed by atoms with Crippen LogP contribution in [0.1, 0.15) is 28.4 Å². The van der Waals surface area contributed by atoms with E-state index in [9.17, 15) is 14.4 Å². The number of carbonyl (C=O) groups excluding carboxylic acids is 3. The first-order valence-corrected chi connectivity index (χ1v) is 9.04. The van der Waals surface area contributed by atoms with Crippen molar-refractivity contribution in [3.63, 3.8) is 0 Å². The Balaban J connectivity index is 2.08. The smallest absolute Gasteiger partial charge is 0.414 e. The maximum absolute atomic E-state index is 12.2. The van der Waals surface area contributed by atoms with Gasteiger partial charge in [0.25, 0.3) is 11.8 Å². The molecule has 30 heavy (non-hydrogen) atoms. The molecule has 0 bridgehead atoms. The number of aliphatic hydroxyl groups is 1. The number of nitrogens with one attached hydrogen (secondary N) is 2. The number of amides is 3. The van der Waals surface area contributed by atoms with Crippen molar-refractivity contribution in [2.24, 2.45) is 0 Å². The van der Waals surface area contributed by atoms with Crippen molar-refractivity contribution in [2.45, 2.75) is 12.5 Å². The van der Waals surface area contributed by atoms with E-state index in [1.807, 2.05) is 0 Å². The average Bonchev–Trinajstić information content (AvgIpc) is 2.77. The Morgan fingerprint density at radius 3 is 2.37 bits per heavy atom. The number of alkyl carbamates (subject to hydrolysis) is 1. The molecular formula is C21H22N2O7. The topological polar surface area (TPSA) is 134 Å². The van der Waals surface area contributed by atoms with Crippen LogP contribution in [-0.4, -0.2) is 41.4 Å². The molecule has 0 saturated carbocycles. The molecule has 0 aromatic heterocycles. The van der Waals surface area contributed by atoms with Gasteiger partial charge in [-0.2, -0.15) is 0 Å². The fraction of sp³-hybridized carbons (Fsp3) is 0.190. The van der Waals surface area contributed by atoms with Crippen LogP contribution in [0.5, 0.6) is 5.75 Å². The molecule has 0 fully saturated rings. The first-order chi connectivity index (χ1) is 14.5. The van der Waals surface area contributed by atoms with Crippen LogP contribution in [0.15, 0.2) is 66.7 Å². The second kappa shape index (κ2) is 12.0. The molecule has 9 nitrogen and oxygen atoms in total. The monoisotopic (exact) mass is 414 g/mol. The number of imide groups is 1. The molecular weight excluding hydrogens is 392 g/mol. The van der Waals surface area contributed by atoms with Gasteiger partial charge in [-0.05, 0) is 29.8 Å². The summed E-state index contributed by atoms with van der Waals surface area (Å²) in [5, 5.41) is 19.5. The predicted molar refractivity (Wildman–Crippen MR) is 106 cm³/mol. The maximum atomic E-state index is 12.2. The first-order valence-electron chi connectivity index (χ1n) is 9.04. The summed E-state index contributed by atoms with van der Waals surface area (Å²) in [6.07, 6.45) is 0.843. The third-order valence-electron chi connectivity index (χ3n) is 3.84. The molecule has 158 valence electrons. The normalized spacial score (nSPS) is 11.5. The van der Waals surface area contributed by atoms with Crippen molar-refractivity contribution in [3.05, 3.63) is 77.9 Å². The van der Waals surface area contributed by atoms with Gasteiger partial charge >= 0.3 is 6.09 Å². The number of hydrogen-bond acceptors (Lipinski definition) is 7. The van der Waals surface area contributed by atoms with Crippen LogP contribution in [0.4, 0.5) is 4.79 Å². The van der Waals surface area contributed by atoms with Crippen molar-refractivity contribution in [1.82, 2.24) is 10.8 Å². The van der Waals surface area contributed by atoms with E-state index in [1.54, 1.807) is 54.6 Å². The molecule has 2 rings (SSSR count). The van der Waals surface area contributed by atoms with E-state index in [0.29, 0.717) is 16.9 Å². The average molecular weight is 414 g/mol. The van der Waals surface area contributed by atoms with Crippen LogP contribution >= 0.6 is 0 Å². The van der Waals surface area contributed by atoms with Crippen molar-refractivity contribution in [1.29, 1.82) is 0 Å². The van der Waals surface area contributed by atoms with Gasteiger partial charge in [0, 0.05) is 18.1 Å². The highest BCUT2D eigenvalue weighted by molar-refractivity contribution is 6.02. The van der Waals surface area contributed by atoms with Crippen LogP contribution in [0.3, 0.4) is 0 Å². The standard InChI is InChI=1S/C21H22N2O7/c24-13-14-29-17-11-9-15(10-12-17)18(7-4-8-19(25)23-28)30-21(27)22-20(26)16-5-2-1-3-6-16/h1-6,8-12,18,24,28H,7,13-14H2,(H,23,25)(H,22,26,27)/b8-4+/t18-/m1/s1. The number of hydroxylamine groups is 1. The molecule has 0 spiro atoms.